The molecule has 0 saturated heterocycles. The SMILES string of the molecule is Cc1ccc(Cl)cc1-n1c(CCCl)nc2cc(Cl)cnc21. The van der Waals surface area contributed by atoms with Gasteiger partial charge < -0.3 is 0 Å². The summed E-state index contributed by atoms with van der Waals surface area (Å²) < 4.78 is 2.00. The number of benzene rings is 1. The van der Waals surface area contributed by atoms with Crippen molar-refractivity contribution in [1.82, 2.24) is 14.5 Å². The Hall–Kier alpha value is -1.29. The normalized spacial score (nSPS) is 11.2. The van der Waals surface area contributed by atoms with Gasteiger partial charge in [-0.3, -0.25) is 4.57 Å². The molecule has 0 atom stereocenters. The average Bonchev–Trinajstić information content (AvgIpc) is 2.79. The van der Waals surface area contributed by atoms with E-state index in [0.717, 1.165) is 28.2 Å². The van der Waals surface area contributed by atoms with Gasteiger partial charge in [0.2, 0.25) is 0 Å². The average molecular weight is 341 g/mol. The summed E-state index contributed by atoms with van der Waals surface area (Å²) in [5, 5.41) is 1.23. The standard InChI is InChI=1S/C15H12Cl3N3/c1-9-2-3-10(17)7-13(9)21-14(4-5-16)20-12-6-11(18)8-19-15(12)21/h2-3,6-8H,4-5H2,1H3. The first-order valence-corrected chi connectivity index (χ1v) is 7.74. The van der Waals surface area contributed by atoms with Crippen LogP contribution in [-0.4, -0.2) is 20.4 Å². The largest absolute Gasteiger partial charge is 0.280 e. The molecule has 0 unspecified atom stereocenters. The minimum Gasteiger partial charge on any atom is -0.280 e. The summed E-state index contributed by atoms with van der Waals surface area (Å²) in [5.41, 5.74) is 3.55. The van der Waals surface area contributed by atoms with Gasteiger partial charge in [0.1, 0.15) is 11.3 Å². The lowest BCUT2D eigenvalue weighted by molar-refractivity contribution is 0.900. The van der Waals surface area contributed by atoms with Crippen LogP contribution in [0.15, 0.2) is 30.5 Å². The van der Waals surface area contributed by atoms with E-state index >= 15 is 0 Å². The molecule has 0 spiro atoms. The summed E-state index contributed by atoms with van der Waals surface area (Å²) in [6, 6.07) is 7.55. The van der Waals surface area contributed by atoms with Crippen molar-refractivity contribution in [2.24, 2.45) is 0 Å². The Balaban J connectivity index is 2.33. The van der Waals surface area contributed by atoms with Crippen LogP contribution in [0.25, 0.3) is 16.9 Å². The highest BCUT2D eigenvalue weighted by molar-refractivity contribution is 6.31. The van der Waals surface area contributed by atoms with Gasteiger partial charge in [0.05, 0.1) is 10.7 Å². The van der Waals surface area contributed by atoms with Crippen molar-refractivity contribution in [3.63, 3.8) is 0 Å². The summed E-state index contributed by atoms with van der Waals surface area (Å²) in [7, 11) is 0. The van der Waals surface area contributed by atoms with Crippen LogP contribution in [0.5, 0.6) is 0 Å². The minimum absolute atomic E-state index is 0.483. The van der Waals surface area contributed by atoms with E-state index in [4.69, 9.17) is 34.8 Å². The smallest absolute Gasteiger partial charge is 0.164 e. The van der Waals surface area contributed by atoms with E-state index in [9.17, 15) is 0 Å². The lowest BCUT2D eigenvalue weighted by Crippen LogP contribution is -2.04. The maximum Gasteiger partial charge on any atom is 0.164 e. The number of pyridine rings is 1. The number of aryl methyl sites for hydroxylation is 2. The summed E-state index contributed by atoms with van der Waals surface area (Å²) in [4.78, 5) is 9.01. The molecule has 0 aliphatic carbocycles. The number of fused-ring (bicyclic) bond motifs is 1. The molecular formula is C15H12Cl3N3. The lowest BCUT2D eigenvalue weighted by atomic mass is 10.2. The zero-order valence-electron chi connectivity index (χ0n) is 11.3. The molecule has 0 fully saturated rings. The third-order valence-electron chi connectivity index (χ3n) is 3.26. The fraction of sp³-hybridized carbons (Fsp3) is 0.200. The van der Waals surface area contributed by atoms with E-state index in [0.29, 0.717) is 22.3 Å². The third kappa shape index (κ3) is 2.73. The Labute approximate surface area is 137 Å². The van der Waals surface area contributed by atoms with E-state index < -0.39 is 0 Å². The van der Waals surface area contributed by atoms with Crippen LogP contribution < -0.4 is 0 Å². The van der Waals surface area contributed by atoms with Gasteiger partial charge in [-0.15, -0.1) is 11.6 Å². The molecule has 1 aromatic carbocycles. The third-order valence-corrected chi connectivity index (χ3v) is 3.89. The predicted molar refractivity (Wildman–Crippen MR) is 88.0 cm³/mol. The topological polar surface area (TPSA) is 30.7 Å². The molecule has 21 heavy (non-hydrogen) atoms. The van der Waals surface area contributed by atoms with Gasteiger partial charge in [-0.05, 0) is 30.7 Å². The quantitative estimate of drug-likeness (QED) is 0.640. The molecule has 2 aromatic heterocycles. The lowest BCUT2D eigenvalue weighted by Gasteiger charge is -2.11. The molecule has 3 aromatic rings. The molecule has 0 saturated carbocycles. The van der Waals surface area contributed by atoms with Crippen molar-refractivity contribution in [3.8, 4) is 5.69 Å². The van der Waals surface area contributed by atoms with Crippen molar-refractivity contribution in [3.05, 3.63) is 51.9 Å². The van der Waals surface area contributed by atoms with Gasteiger partial charge in [0.15, 0.2) is 5.65 Å². The number of nitrogens with zero attached hydrogens (tertiary/aromatic N) is 3. The van der Waals surface area contributed by atoms with Crippen molar-refractivity contribution in [2.75, 3.05) is 5.88 Å². The van der Waals surface area contributed by atoms with E-state index in [2.05, 4.69) is 9.97 Å². The summed E-state index contributed by atoms with van der Waals surface area (Å²) in [5.74, 6) is 1.33. The fourth-order valence-electron chi connectivity index (χ4n) is 2.32. The molecule has 3 nitrogen and oxygen atoms in total. The molecule has 0 radical (unpaired) electrons. The maximum absolute atomic E-state index is 6.14. The van der Waals surface area contributed by atoms with Crippen molar-refractivity contribution < 1.29 is 0 Å². The van der Waals surface area contributed by atoms with Gasteiger partial charge >= 0.3 is 0 Å². The minimum atomic E-state index is 0.483. The van der Waals surface area contributed by atoms with Crippen LogP contribution >= 0.6 is 34.8 Å². The van der Waals surface area contributed by atoms with Crippen LogP contribution in [0.3, 0.4) is 0 Å². The summed E-state index contributed by atoms with van der Waals surface area (Å²) >= 11 is 18.0. The summed E-state index contributed by atoms with van der Waals surface area (Å²) in [6.07, 6.45) is 2.26. The molecule has 6 heteroatoms. The first kappa shape index (κ1) is 14.6. The first-order valence-electron chi connectivity index (χ1n) is 6.45. The molecule has 3 rings (SSSR count). The molecule has 0 N–H and O–H groups in total. The number of hydrogen-bond donors (Lipinski definition) is 0. The van der Waals surface area contributed by atoms with Crippen molar-refractivity contribution in [2.45, 2.75) is 13.3 Å². The second-order valence-electron chi connectivity index (χ2n) is 4.73. The second-order valence-corrected chi connectivity index (χ2v) is 5.98. The number of rotatable bonds is 3. The first-order chi connectivity index (χ1) is 10.1. The Kier molecular flexibility index (Phi) is 4.07. The molecular weight excluding hydrogens is 329 g/mol. The van der Waals surface area contributed by atoms with Gasteiger partial charge in [-0.25, -0.2) is 9.97 Å². The van der Waals surface area contributed by atoms with Crippen LogP contribution in [0.4, 0.5) is 0 Å². The predicted octanol–water partition coefficient (Wildman–Crippen LogP) is 4.82. The molecule has 108 valence electrons. The Morgan fingerprint density at radius 3 is 2.71 bits per heavy atom. The monoisotopic (exact) mass is 339 g/mol. The van der Waals surface area contributed by atoms with E-state index in [1.165, 1.54) is 0 Å². The van der Waals surface area contributed by atoms with Crippen LogP contribution in [0, 0.1) is 6.92 Å². The highest BCUT2D eigenvalue weighted by Crippen LogP contribution is 2.26. The number of aromatic nitrogens is 3. The zero-order valence-corrected chi connectivity index (χ0v) is 13.5. The van der Waals surface area contributed by atoms with E-state index in [-0.39, 0.29) is 0 Å². The molecule has 0 aliphatic rings. The number of hydrogen-bond acceptors (Lipinski definition) is 2. The molecule has 2 heterocycles. The molecule has 0 bridgehead atoms. The van der Waals surface area contributed by atoms with Gasteiger partial charge in [0.25, 0.3) is 0 Å². The number of imidazole rings is 1. The summed E-state index contributed by atoms with van der Waals surface area (Å²) in [6.45, 7) is 2.03. The maximum atomic E-state index is 6.14. The Morgan fingerprint density at radius 1 is 1.14 bits per heavy atom. The van der Waals surface area contributed by atoms with Crippen LogP contribution in [0.2, 0.25) is 10.0 Å². The zero-order chi connectivity index (χ0) is 15.0. The Bertz CT molecular complexity index is 811. The van der Waals surface area contributed by atoms with Crippen LogP contribution in [-0.2, 0) is 6.42 Å². The van der Waals surface area contributed by atoms with E-state index in [1.54, 1.807) is 12.3 Å². The highest BCUT2D eigenvalue weighted by Gasteiger charge is 2.15. The molecule has 0 aliphatic heterocycles. The number of halogens is 3. The Morgan fingerprint density at radius 2 is 1.95 bits per heavy atom. The van der Waals surface area contributed by atoms with Gasteiger partial charge in [-0.2, -0.15) is 0 Å². The van der Waals surface area contributed by atoms with Crippen LogP contribution in [0.1, 0.15) is 11.4 Å². The van der Waals surface area contributed by atoms with Crippen molar-refractivity contribution in [1.29, 1.82) is 0 Å². The van der Waals surface area contributed by atoms with Gasteiger partial charge in [-0.1, -0.05) is 29.3 Å². The highest BCUT2D eigenvalue weighted by atomic mass is 35.5. The van der Waals surface area contributed by atoms with Crippen molar-refractivity contribution >= 4 is 46.0 Å². The number of alkyl halides is 1. The van der Waals surface area contributed by atoms with Gasteiger partial charge in [0, 0.05) is 23.5 Å². The molecule has 0 amide bonds. The second kappa shape index (κ2) is 5.84. The fourth-order valence-corrected chi connectivity index (χ4v) is 2.80. The van der Waals surface area contributed by atoms with E-state index in [1.807, 2.05) is 29.7 Å².